The summed E-state index contributed by atoms with van der Waals surface area (Å²) in [4.78, 5) is 23.7. The molecule has 0 spiro atoms. The van der Waals surface area contributed by atoms with Crippen LogP contribution in [0.3, 0.4) is 0 Å². The molecule has 4 rings (SSSR count). The topological polar surface area (TPSA) is 127 Å². The number of unbranched alkanes of at least 4 members (excludes halogenated alkanes) is 2. The number of thioether (sulfide) groups is 1. The Hall–Kier alpha value is -3.02. The fourth-order valence-corrected chi connectivity index (χ4v) is 6.65. The molecule has 2 aromatic rings. The first-order valence-electron chi connectivity index (χ1n) is 14.2. The van der Waals surface area contributed by atoms with Gasteiger partial charge in [0.1, 0.15) is 12.0 Å². The zero-order valence-electron chi connectivity index (χ0n) is 25.0. The Kier molecular flexibility index (Phi) is 9.64. The van der Waals surface area contributed by atoms with E-state index >= 15 is 0 Å². The molecular formula is C31H40N4O5S2. The molecular weight excluding hydrogens is 572 g/mol. The predicted octanol–water partition coefficient (Wildman–Crippen LogP) is 5.27. The van der Waals surface area contributed by atoms with Gasteiger partial charge in [0.15, 0.2) is 5.71 Å². The van der Waals surface area contributed by atoms with Crippen molar-refractivity contribution in [2.45, 2.75) is 82.1 Å². The van der Waals surface area contributed by atoms with Crippen molar-refractivity contribution in [3.8, 4) is 0 Å². The zero-order chi connectivity index (χ0) is 30.7. The number of carbonyl (C=O) groups is 1. The van der Waals surface area contributed by atoms with Gasteiger partial charge < -0.3 is 14.6 Å². The summed E-state index contributed by atoms with van der Waals surface area (Å²) >= 11 is 1.69. The van der Waals surface area contributed by atoms with Gasteiger partial charge in [-0.05, 0) is 75.1 Å². The largest absolute Gasteiger partial charge is 0.748 e. The number of hydrogen-bond acceptors (Lipinski definition) is 8. The van der Waals surface area contributed by atoms with E-state index in [1.165, 1.54) is 0 Å². The third-order valence-corrected chi connectivity index (χ3v) is 9.56. The molecule has 9 nitrogen and oxygen atoms in total. The molecule has 0 aromatic carbocycles. The van der Waals surface area contributed by atoms with Crippen molar-refractivity contribution in [3.63, 3.8) is 0 Å². The van der Waals surface area contributed by atoms with Gasteiger partial charge in [-0.3, -0.25) is 4.79 Å². The summed E-state index contributed by atoms with van der Waals surface area (Å²) in [6.07, 6.45) is 14.8. The normalized spacial score (nSPS) is 18.0. The average molecular weight is 613 g/mol. The van der Waals surface area contributed by atoms with E-state index in [9.17, 15) is 17.8 Å². The van der Waals surface area contributed by atoms with Crippen molar-refractivity contribution in [2.75, 3.05) is 23.5 Å². The summed E-state index contributed by atoms with van der Waals surface area (Å²) < 4.78 is 36.0. The lowest BCUT2D eigenvalue weighted by Crippen LogP contribution is -2.35. The first-order chi connectivity index (χ1) is 19.8. The Labute approximate surface area is 253 Å². The van der Waals surface area contributed by atoms with Crippen LogP contribution >= 0.6 is 11.8 Å². The number of anilines is 1. The molecule has 0 radical (unpaired) electrons. The maximum atomic E-state index is 11.3. The second kappa shape index (κ2) is 12.7. The second-order valence-corrected chi connectivity index (χ2v) is 14.2. The molecule has 0 bridgehead atoms. The molecule has 2 aromatic heterocycles. The summed E-state index contributed by atoms with van der Waals surface area (Å²) in [6.45, 7) is 9.72. The summed E-state index contributed by atoms with van der Waals surface area (Å²) in [5, 5.41) is 8.93. The highest BCUT2D eigenvalue weighted by Crippen LogP contribution is 2.46. The molecule has 2 aliphatic rings. The minimum absolute atomic E-state index is 0.191. The zero-order valence-corrected chi connectivity index (χ0v) is 26.6. The molecule has 0 amide bonds. The number of hydrogen-bond donors (Lipinski definition) is 1. The number of pyridine rings is 2. The Morgan fingerprint density at radius 2 is 1.90 bits per heavy atom. The molecule has 0 saturated carbocycles. The van der Waals surface area contributed by atoms with Crippen molar-refractivity contribution < 1.29 is 27.4 Å². The van der Waals surface area contributed by atoms with Crippen molar-refractivity contribution in [3.05, 3.63) is 65.6 Å². The van der Waals surface area contributed by atoms with Crippen LogP contribution in [0.2, 0.25) is 0 Å². The van der Waals surface area contributed by atoms with Crippen molar-refractivity contribution >= 4 is 45.2 Å². The molecule has 0 unspecified atom stereocenters. The summed E-state index contributed by atoms with van der Waals surface area (Å²) in [5.41, 5.74) is 3.43. The van der Waals surface area contributed by atoms with Crippen LogP contribution in [0.5, 0.6) is 0 Å². The number of aliphatic imine (C=N–C) groups is 1. The molecule has 0 saturated heterocycles. The van der Waals surface area contributed by atoms with E-state index in [4.69, 9.17) is 10.1 Å². The molecule has 0 fully saturated rings. The maximum Gasteiger partial charge on any atom is 0.327 e. The van der Waals surface area contributed by atoms with E-state index in [1.807, 2.05) is 35.3 Å². The van der Waals surface area contributed by atoms with Crippen LogP contribution in [0, 0.1) is 0 Å². The van der Waals surface area contributed by atoms with E-state index in [1.54, 1.807) is 18.0 Å². The van der Waals surface area contributed by atoms with Crippen LogP contribution in [0.4, 0.5) is 11.6 Å². The molecule has 4 heterocycles. The number of carboxylic acids is 1. The van der Waals surface area contributed by atoms with E-state index < -0.39 is 21.8 Å². The van der Waals surface area contributed by atoms with Crippen LogP contribution in [0.15, 0.2) is 64.4 Å². The Morgan fingerprint density at radius 3 is 2.60 bits per heavy atom. The predicted molar refractivity (Wildman–Crippen MR) is 166 cm³/mol. The smallest absolute Gasteiger partial charge is 0.327 e. The number of aliphatic carboxylic acids is 1. The standard InChI is InChI=1S/C31H40N4O5S2/c1-30(2)24-20-22(41-5)21-34(17-8-6-7-15-27(36)37)29(24)33-25(30)13-9-14-26-31(3,4)23-12-10-16-32-28(23)35(26)18-11-19-42(38,39)40/h9-10,12-14,16,20-21H,6-8,11,15,17-19H2,1-5H3,(H-,36,37,38,39,40). The van der Waals surface area contributed by atoms with Gasteiger partial charge >= 0.3 is 11.8 Å². The van der Waals surface area contributed by atoms with Gasteiger partial charge in [-0.15, -0.1) is 11.8 Å². The molecule has 42 heavy (non-hydrogen) atoms. The molecule has 2 aliphatic heterocycles. The van der Waals surface area contributed by atoms with Crippen LogP contribution in [0.25, 0.3) is 0 Å². The molecule has 11 heteroatoms. The van der Waals surface area contributed by atoms with Gasteiger partial charge in [-0.2, -0.15) is 0 Å². The quantitative estimate of drug-likeness (QED) is 0.140. The summed E-state index contributed by atoms with van der Waals surface area (Å²) in [6, 6.07) is 6.14. The molecule has 0 atom stereocenters. The van der Waals surface area contributed by atoms with E-state index in [0.29, 0.717) is 13.0 Å². The fourth-order valence-electron chi connectivity index (χ4n) is 5.70. The van der Waals surface area contributed by atoms with Crippen molar-refractivity contribution in [1.29, 1.82) is 0 Å². The van der Waals surface area contributed by atoms with E-state index in [2.05, 4.69) is 55.8 Å². The highest BCUT2D eigenvalue weighted by molar-refractivity contribution is 7.98. The fraction of sp³-hybridized carbons (Fsp3) is 0.484. The van der Waals surface area contributed by atoms with Crippen molar-refractivity contribution in [1.82, 2.24) is 4.98 Å². The maximum absolute atomic E-state index is 11.3. The highest BCUT2D eigenvalue weighted by atomic mass is 32.2. The second-order valence-electron chi connectivity index (χ2n) is 11.8. The lowest BCUT2D eigenvalue weighted by atomic mass is 9.82. The average Bonchev–Trinajstić information content (AvgIpc) is 3.29. The number of nitrogens with zero attached hydrogens (tertiary/aromatic N) is 4. The lowest BCUT2D eigenvalue weighted by Gasteiger charge is -2.26. The number of aromatic nitrogens is 2. The third-order valence-electron chi connectivity index (χ3n) is 8.08. The van der Waals surface area contributed by atoms with Gasteiger partial charge in [0, 0.05) is 46.5 Å². The Bertz CT molecular complexity index is 1540. The number of carboxylic acid groups (broad SMARTS) is 1. The molecule has 1 N–H and O–H groups in total. The van der Waals surface area contributed by atoms with Gasteiger partial charge in [-0.1, -0.05) is 26.0 Å². The Balaban J connectivity index is 1.61. The van der Waals surface area contributed by atoms with Crippen LogP contribution < -0.4 is 9.47 Å². The lowest BCUT2D eigenvalue weighted by molar-refractivity contribution is -0.686. The summed E-state index contributed by atoms with van der Waals surface area (Å²) in [5.74, 6) is 0.535. The number of allylic oxidation sites excluding steroid dienone is 4. The van der Waals surface area contributed by atoms with Gasteiger partial charge in [0.2, 0.25) is 0 Å². The monoisotopic (exact) mass is 612 g/mol. The van der Waals surface area contributed by atoms with Gasteiger partial charge in [0.05, 0.1) is 27.6 Å². The SMILES string of the molecule is CSc1cc2c([n+](CCCCCC(=O)O)c1)N=C(/C=C/C=C1/N(CCCS(=O)(=O)[O-])c3ncccc3C1(C)C)C2(C)C. The van der Waals surface area contributed by atoms with Crippen LogP contribution in [-0.2, 0) is 32.3 Å². The third kappa shape index (κ3) is 6.95. The number of fused-ring (bicyclic) bond motifs is 2. The van der Waals surface area contributed by atoms with Gasteiger partial charge in [-0.25, -0.2) is 18.0 Å². The number of rotatable bonds is 13. The number of aryl methyl sites for hydroxylation is 1. The first kappa shape index (κ1) is 31.9. The minimum Gasteiger partial charge on any atom is -0.748 e. The molecule has 226 valence electrons. The molecule has 0 aliphatic carbocycles. The first-order valence-corrected chi connectivity index (χ1v) is 17.0. The van der Waals surface area contributed by atoms with Crippen LogP contribution in [0.1, 0.15) is 70.9 Å². The van der Waals surface area contributed by atoms with Crippen molar-refractivity contribution in [2.24, 2.45) is 4.99 Å². The van der Waals surface area contributed by atoms with Gasteiger partial charge in [0.25, 0.3) is 0 Å². The van der Waals surface area contributed by atoms with E-state index in [-0.39, 0.29) is 23.7 Å². The van der Waals surface area contributed by atoms with Crippen LogP contribution in [-0.4, -0.2) is 53.3 Å². The minimum atomic E-state index is -4.30. The Morgan fingerprint density at radius 1 is 1.14 bits per heavy atom. The summed E-state index contributed by atoms with van der Waals surface area (Å²) in [7, 11) is -4.30. The highest BCUT2D eigenvalue weighted by Gasteiger charge is 2.43. The van der Waals surface area contributed by atoms with E-state index in [0.717, 1.165) is 58.5 Å².